The van der Waals surface area contributed by atoms with Gasteiger partial charge in [0.1, 0.15) is 6.61 Å². The van der Waals surface area contributed by atoms with E-state index in [4.69, 9.17) is 9.72 Å². The molecule has 1 fully saturated rings. The number of carbonyl (C=O) groups is 1. The molecule has 4 aromatic rings. The molecule has 1 aliphatic carbocycles. The Morgan fingerprint density at radius 2 is 1.67 bits per heavy atom. The third-order valence-corrected chi connectivity index (χ3v) is 6.54. The van der Waals surface area contributed by atoms with Crippen LogP contribution in [-0.2, 0) is 11.3 Å². The molecular formula is C30H34N4O2. The second kappa shape index (κ2) is 12.7. The first-order valence-electron chi connectivity index (χ1n) is 12.6. The Kier molecular flexibility index (Phi) is 8.87. The number of carbonyl (C=O) groups excluding carboxylic acids is 1. The van der Waals surface area contributed by atoms with E-state index < -0.39 is 6.09 Å². The lowest BCUT2D eigenvalue weighted by atomic mass is 9.95. The topological polar surface area (TPSA) is 67.4 Å². The van der Waals surface area contributed by atoms with Crippen LogP contribution in [0.25, 0.3) is 22.0 Å². The fourth-order valence-corrected chi connectivity index (χ4v) is 4.45. The van der Waals surface area contributed by atoms with Crippen LogP contribution in [0.4, 0.5) is 10.7 Å². The standard InChI is InChI=1S/C21H23N3.C9H11NO2/c1-24(19-9-3-2-4-10-19)21-22-14-13-20(23-21)18-12-11-16-7-5-6-8-17(16)15-18;1-10-9(11)12-7-8-5-3-2-4-6-8/h5-8,11-15,19H,2-4,9-10H2,1H3;2-6H,7H2,1H3,(H,10,11). The Morgan fingerprint density at radius 3 is 2.42 bits per heavy atom. The van der Waals surface area contributed by atoms with Crippen molar-refractivity contribution in [2.45, 2.75) is 44.8 Å². The van der Waals surface area contributed by atoms with Gasteiger partial charge < -0.3 is 15.0 Å². The third kappa shape index (κ3) is 6.81. The van der Waals surface area contributed by atoms with Crippen molar-refractivity contribution in [3.05, 3.63) is 90.6 Å². The number of nitrogens with one attached hydrogen (secondary N) is 1. The molecule has 6 nitrogen and oxygen atoms in total. The summed E-state index contributed by atoms with van der Waals surface area (Å²) in [5.74, 6) is 0.840. The van der Waals surface area contributed by atoms with Gasteiger partial charge in [-0.15, -0.1) is 0 Å². The van der Waals surface area contributed by atoms with Gasteiger partial charge >= 0.3 is 6.09 Å². The van der Waals surface area contributed by atoms with E-state index in [9.17, 15) is 4.79 Å². The van der Waals surface area contributed by atoms with Crippen LogP contribution < -0.4 is 10.2 Å². The molecule has 1 heterocycles. The number of ether oxygens (including phenoxy) is 1. The number of amides is 1. The Bertz CT molecular complexity index is 1260. The second-order valence-electron chi connectivity index (χ2n) is 9.02. The third-order valence-electron chi connectivity index (χ3n) is 6.54. The van der Waals surface area contributed by atoms with Gasteiger partial charge in [-0.05, 0) is 41.3 Å². The van der Waals surface area contributed by atoms with Crippen LogP contribution in [0.3, 0.4) is 0 Å². The number of rotatable bonds is 5. The van der Waals surface area contributed by atoms with Gasteiger partial charge in [0.15, 0.2) is 0 Å². The zero-order valence-corrected chi connectivity index (χ0v) is 21.1. The minimum absolute atomic E-state index is 0.320. The average molecular weight is 483 g/mol. The molecule has 0 aliphatic heterocycles. The van der Waals surface area contributed by atoms with Gasteiger partial charge in [0.2, 0.25) is 5.95 Å². The molecule has 1 aliphatic rings. The second-order valence-corrected chi connectivity index (χ2v) is 9.02. The molecule has 0 radical (unpaired) electrons. The van der Waals surface area contributed by atoms with Crippen molar-refractivity contribution in [1.29, 1.82) is 0 Å². The van der Waals surface area contributed by atoms with E-state index in [1.54, 1.807) is 0 Å². The summed E-state index contributed by atoms with van der Waals surface area (Å²) >= 11 is 0. The van der Waals surface area contributed by atoms with E-state index in [1.807, 2.05) is 42.6 Å². The largest absolute Gasteiger partial charge is 0.445 e. The molecule has 3 aromatic carbocycles. The minimum atomic E-state index is -0.404. The van der Waals surface area contributed by atoms with Gasteiger partial charge in [-0.1, -0.05) is 86.0 Å². The summed E-state index contributed by atoms with van der Waals surface area (Å²) in [7, 11) is 3.67. The maximum absolute atomic E-state index is 10.7. The molecule has 0 saturated heterocycles. The average Bonchev–Trinajstić information content (AvgIpc) is 2.96. The minimum Gasteiger partial charge on any atom is -0.445 e. The number of nitrogens with zero attached hydrogens (tertiary/aromatic N) is 3. The molecule has 0 atom stereocenters. The van der Waals surface area contributed by atoms with E-state index in [0.29, 0.717) is 12.6 Å². The van der Waals surface area contributed by atoms with Crippen LogP contribution in [0.15, 0.2) is 85.1 Å². The van der Waals surface area contributed by atoms with Crippen LogP contribution in [-0.4, -0.2) is 36.2 Å². The highest BCUT2D eigenvalue weighted by molar-refractivity contribution is 5.86. The van der Waals surface area contributed by atoms with E-state index in [2.05, 4.69) is 64.7 Å². The highest BCUT2D eigenvalue weighted by Crippen LogP contribution is 2.27. The number of alkyl carbamates (subject to hydrolysis) is 1. The highest BCUT2D eigenvalue weighted by Gasteiger charge is 2.20. The molecule has 1 saturated carbocycles. The van der Waals surface area contributed by atoms with Crippen molar-refractivity contribution in [1.82, 2.24) is 15.3 Å². The summed E-state index contributed by atoms with van der Waals surface area (Å²) in [6, 6.07) is 27.1. The van der Waals surface area contributed by atoms with Crippen molar-refractivity contribution < 1.29 is 9.53 Å². The van der Waals surface area contributed by atoms with Gasteiger partial charge in [0.25, 0.3) is 0 Å². The smallest absolute Gasteiger partial charge is 0.407 e. The lowest BCUT2D eigenvalue weighted by Gasteiger charge is -2.31. The van der Waals surface area contributed by atoms with Crippen LogP contribution in [0.2, 0.25) is 0 Å². The summed E-state index contributed by atoms with van der Waals surface area (Å²) < 4.78 is 4.83. The maximum atomic E-state index is 10.7. The molecule has 0 bridgehead atoms. The van der Waals surface area contributed by atoms with Crippen LogP contribution >= 0.6 is 0 Å². The van der Waals surface area contributed by atoms with Crippen LogP contribution in [0.1, 0.15) is 37.7 Å². The molecule has 36 heavy (non-hydrogen) atoms. The Balaban J connectivity index is 0.000000214. The quantitative estimate of drug-likeness (QED) is 0.347. The Labute approximate surface area is 213 Å². The molecule has 1 N–H and O–H groups in total. The SMILES string of the molecule is CN(c1nccc(-c2ccc3ccccc3c2)n1)C1CCCCC1.CNC(=O)OCc1ccccc1. The van der Waals surface area contributed by atoms with E-state index in [1.165, 1.54) is 49.9 Å². The molecule has 5 rings (SSSR count). The lowest BCUT2D eigenvalue weighted by Crippen LogP contribution is -2.34. The first-order valence-corrected chi connectivity index (χ1v) is 12.6. The summed E-state index contributed by atoms with van der Waals surface area (Å²) in [4.78, 5) is 22.3. The number of benzene rings is 3. The molecule has 186 valence electrons. The summed E-state index contributed by atoms with van der Waals surface area (Å²) in [6.07, 6.45) is 7.98. The monoisotopic (exact) mass is 482 g/mol. The molecular weight excluding hydrogens is 448 g/mol. The van der Waals surface area contributed by atoms with Crippen molar-refractivity contribution in [2.24, 2.45) is 0 Å². The van der Waals surface area contributed by atoms with Gasteiger partial charge in [-0.25, -0.2) is 14.8 Å². The predicted molar refractivity (Wildman–Crippen MR) is 146 cm³/mol. The molecule has 6 heteroatoms. The molecule has 0 spiro atoms. The number of hydrogen-bond donors (Lipinski definition) is 1. The predicted octanol–water partition coefficient (Wildman–Crippen LogP) is 6.61. The van der Waals surface area contributed by atoms with Gasteiger partial charge in [-0.2, -0.15) is 0 Å². The Hall–Kier alpha value is -3.93. The lowest BCUT2D eigenvalue weighted by molar-refractivity contribution is 0.142. The highest BCUT2D eigenvalue weighted by atomic mass is 16.5. The number of aromatic nitrogens is 2. The molecule has 0 unspecified atom stereocenters. The summed E-state index contributed by atoms with van der Waals surface area (Å²) in [5, 5.41) is 4.88. The van der Waals surface area contributed by atoms with Crippen LogP contribution in [0.5, 0.6) is 0 Å². The van der Waals surface area contributed by atoms with Crippen molar-refractivity contribution in [2.75, 3.05) is 19.0 Å². The fraction of sp³-hybridized carbons (Fsp3) is 0.300. The van der Waals surface area contributed by atoms with Gasteiger partial charge in [-0.3, -0.25) is 0 Å². The first-order chi connectivity index (χ1) is 17.6. The normalized spacial score (nSPS) is 13.4. The summed E-state index contributed by atoms with van der Waals surface area (Å²) in [6.45, 7) is 0.320. The van der Waals surface area contributed by atoms with E-state index in [-0.39, 0.29) is 0 Å². The Morgan fingerprint density at radius 1 is 0.944 bits per heavy atom. The van der Waals surface area contributed by atoms with Gasteiger partial charge in [0, 0.05) is 31.9 Å². The zero-order chi connectivity index (χ0) is 25.2. The number of anilines is 1. The van der Waals surface area contributed by atoms with E-state index >= 15 is 0 Å². The number of fused-ring (bicyclic) bond motifs is 1. The van der Waals surface area contributed by atoms with Crippen molar-refractivity contribution >= 4 is 22.8 Å². The van der Waals surface area contributed by atoms with E-state index in [0.717, 1.165) is 22.8 Å². The number of hydrogen-bond acceptors (Lipinski definition) is 5. The maximum Gasteiger partial charge on any atom is 0.407 e. The zero-order valence-electron chi connectivity index (χ0n) is 21.1. The first kappa shape index (κ1) is 25.2. The summed E-state index contributed by atoms with van der Waals surface area (Å²) in [5.41, 5.74) is 3.13. The molecule has 1 aromatic heterocycles. The van der Waals surface area contributed by atoms with Crippen molar-refractivity contribution in [3.8, 4) is 11.3 Å². The van der Waals surface area contributed by atoms with Crippen molar-refractivity contribution in [3.63, 3.8) is 0 Å². The molecule has 1 amide bonds. The van der Waals surface area contributed by atoms with Crippen LogP contribution in [0, 0.1) is 0 Å². The van der Waals surface area contributed by atoms with Gasteiger partial charge in [0.05, 0.1) is 5.69 Å². The fourth-order valence-electron chi connectivity index (χ4n) is 4.45.